The molecule has 1 aliphatic heterocycles. The monoisotopic (exact) mass is 233 g/mol. The number of hydrogen-bond donors (Lipinski definition) is 0. The average Bonchev–Trinajstić information content (AvgIpc) is 2.27. The van der Waals surface area contributed by atoms with Crippen molar-refractivity contribution in [3.8, 4) is 5.75 Å². The first kappa shape index (κ1) is 11.6. The minimum absolute atomic E-state index is 0.0970. The highest BCUT2D eigenvalue weighted by atomic mass is 16.5. The second kappa shape index (κ2) is 4.57. The van der Waals surface area contributed by atoms with E-state index in [0.29, 0.717) is 12.3 Å². The van der Waals surface area contributed by atoms with Crippen LogP contribution in [0.2, 0.25) is 0 Å². The Balaban J connectivity index is 2.19. The van der Waals surface area contributed by atoms with E-state index in [2.05, 4.69) is 0 Å². The van der Waals surface area contributed by atoms with Crippen LogP contribution in [0.5, 0.6) is 5.75 Å². The van der Waals surface area contributed by atoms with Gasteiger partial charge in [-0.05, 0) is 29.7 Å². The number of hydrogen-bond acceptors (Lipinski definition) is 3. The third-order valence-electron chi connectivity index (χ3n) is 2.90. The predicted molar refractivity (Wildman–Crippen MR) is 62.5 cm³/mol. The summed E-state index contributed by atoms with van der Waals surface area (Å²) in [6, 6.07) is 5.57. The minimum atomic E-state index is -0.314. The van der Waals surface area contributed by atoms with Crippen molar-refractivity contribution in [1.82, 2.24) is 4.90 Å². The zero-order valence-electron chi connectivity index (χ0n) is 10.0. The van der Waals surface area contributed by atoms with Gasteiger partial charge in [0.25, 0.3) is 0 Å². The van der Waals surface area contributed by atoms with E-state index >= 15 is 0 Å². The predicted octanol–water partition coefficient (Wildman–Crippen LogP) is 1.52. The summed E-state index contributed by atoms with van der Waals surface area (Å²) in [7, 11) is 0. The van der Waals surface area contributed by atoms with Gasteiger partial charge in [-0.3, -0.25) is 9.59 Å². The standard InChI is InChI=1S/C13H15NO3/c1-9(15)14-6-5-11-7-13(17-10(2)16)4-3-12(11)8-14/h3-4,7H,5-6,8H2,1-2H3. The third kappa shape index (κ3) is 2.64. The van der Waals surface area contributed by atoms with Crippen molar-refractivity contribution in [3.63, 3.8) is 0 Å². The summed E-state index contributed by atoms with van der Waals surface area (Å²) in [6.45, 7) is 4.34. The van der Waals surface area contributed by atoms with Gasteiger partial charge in [-0.1, -0.05) is 6.07 Å². The van der Waals surface area contributed by atoms with Gasteiger partial charge < -0.3 is 9.64 Å². The number of ether oxygens (including phenoxy) is 1. The van der Waals surface area contributed by atoms with Crippen LogP contribution >= 0.6 is 0 Å². The molecule has 0 bridgehead atoms. The van der Waals surface area contributed by atoms with Crippen LogP contribution in [0.4, 0.5) is 0 Å². The molecule has 4 nitrogen and oxygen atoms in total. The fourth-order valence-electron chi connectivity index (χ4n) is 2.03. The summed E-state index contributed by atoms with van der Waals surface area (Å²) >= 11 is 0. The summed E-state index contributed by atoms with van der Waals surface area (Å²) in [6.07, 6.45) is 0.810. The molecular formula is C13H15NO3. The van der Waals surface area contributed by atoms with E-state index in [1.54, 1.807) is 13.0 Å². The SMILES string of the molecule is CC(=O)Oc1ccc2c(c1)CCN(C(C)=O)C2. The van der Waals surface area contributed by atoms with Gasteiger partial charge in [-0.25, -0.2) is 0 Å². The molecule has 0 atom stereocenters. The topological polar surface area (TPSA) is 46.6 Å². The van der Waals surface area contributed by atoms with E-state index in [0.717, 1.165) is 24.1 Å². The Labute approximate surface area is 100 Å². The molecule has 2 rings (SSSR count). The molecule has 1 heterocycles. The van der Waals surface area contributed by atoms with Gasteiger partial charge in [0.15, 0.2) is 0 Å². The normalized spacial score (nSPS) is 14.1. The quantitative estimate of drug-likeness (QED) is 0.545. The largest absolute Gasteiger partial charge is 0.427 e. The van der Waals surface area contributed by atoms with Gasteiger partial charge in [0.05, 0.1) is 0 Å². The summed E-state index contributed by atoms with van der Waals surface area (Å²) in [5.41, 5.74) is 2.28. The number of rotatable bonds is 1. The number of carbonyl (C=O) groups excluding carboxylic acids is 2. The van der Waals surface area contributed by atoms with Crippen LogP contribution in [0.15, 0.2) is 18.2 Å². The fraction of sp³-hybridized carbons (Fsp3) is 0.385. The van der Waals surface area contributed by atoms with Crippen molar-refractivity contribution in [2.24, 2.45) is 0 Å². The molecule has 17 heavy (non-hydrogen) atoms. The van der Waals surface area contributed by atoms with Gasteiger partial charge in [0.2, 0.25) is 5.91 Å². The minimum Gasteiger partial charge on any atom is -0.427 e. The molecule has 1 aromatic carbocycles. The van der Waals surface area contributed by atoms with Crippen molar-refractivity contribution in [1.29, 1.82) is 0 Å². The molecule has 0 saturated heterocycles. The summed E-state index contributed by atoms with van der Waals surface area (Å²) in [5.74, 6) is 0.360. The average molecular weight is 233 g/mol. The van der Waals surface area contributed by atoms with Crippen molar-refractivity contribution < 1.29 is 14.3 Å². The number of amides is 1. The second-order valence-electron chi connectivity index (χ2n) is 4.21. The van der Waals surface area contributed by atoms with Crippen LogP contribution in [0.1, 0.15) is 25.0 Å². The molecule has 0 fully saturated rings. The molecule has 0 spiro atoms. The van der Waals surface area contributed by atoms with E-state index in [-0.39, 0.29) is 11.9 Å². The van der Waals surface area contributed by atoms with Crippen LogP contribution < -0.4 is 4.74 Å². The Hall–Kier alpha value is -1.84. The van der Waals surface area contributed by atoms with Crippen LogP contribution in [-0.4, -0.2) is 23.3 Å². The highest BCUT2D eigenvalue weighted by Gasteiger charge is 2.18. The first-order valence-corrected chi connectivity index (χ1v) is 5.62. The second-order valence-corrected chi connectivity index (χ2v) is 4.21. The Morgan fingerprint density at radius 1 is 1.24 bits per heavy atom. The Kier molecular flexibility index (Phi) is 3.13. The van der Waals surface area contributed by atoms with Crippen molar-refractivity contribution in [2.75, 3.05) is 6.54 Å². The van der Waals surface area contributed by atoms with Crippen molar-refractivity contribution >= 4 is 11.9 Å². The van der Waals surface area contributed by atoms with Crippen LogP contribution in [-0.2, 0) is 22.6 Å². The number of carbonyl (C=O) groups is 2. The van der Waals surface area contributed by atoms with Crippen molar-refractivity contribution in [3.05, 3.63) is 29.3 Å². The molecule has 0 aromatic heterocycles. The number of esters is 1. The lowest BCUT2D eigenvalue weighted by molar-refractivity contribution is -0.132. The molecule has 0 N–H and O–H groups in total. The molecule has 1 aliphatic rings. The third-order valence-corrected chi connectivity index (χ3v) is 2.90. The number of nitrogens with zero attached hydrogens (tertiary/aromatic N) is 1. The maximum Gasteiger partial charge on any atom is 0.308 e. The van der Waals surface area contributed by atoms with Crippen LogP contribution in [0.3, 0.4) is 0 Å². The highest BCUT2D eigenvalue weighted by Crippen LogP contribution is 2.23. The van der Waals surface area contributed by atoms with Gasteiger partial charge in [0.1, 0.15) is 5.75 Å². The van der Waals surface area contributed by atoms with Gasteiger partial charge in [-0.15, -0.1) is 0 Å². The molecule has 0 aliphatic carbocycles. The molecular weight excluding hydrogens is 218 g/mol. The van der Waals surface area contributed by atoms with Crippen molar-refractivity contribution in [2.45, 2.75) is 26.8 Å². The van der Waals surface area contributed by atoms with E-state index in [4.69, 9.17) is 4.74 Å². The number of benzene rings is 1. The van der Waals surface area contributed by atoms with Gasteiger partial charge in [0, 0.05) is 26.9 Å². The van der Waals surface area contributed by atoms with E-state index in [1.807, 2.05) is 17.0 Å². The maximum atomic E-state index is 11.3. The molecule has 0 radical (unpaired) electrons. The molecule has 90 valence electrons. The van der Waals surface area contributed by atoms with Gasteiger partial charge in [-0.2, -0.15) is 0 Å². The van der Waals surface area contributed by atoms with E-state index in [9.17, 15) is 9.59 Å². The first-order valence-electron chi connectivity index (χ1n) is 5.62. The zero-order valence-corrected chi connectivity index (χ0v) is 10.0. The summed E-state index contributed by atoms with van der Waals surface area (Å²) in [4.78, 5) is 23.9. The lowest BCUT2D eigenvalue weighted by Gasteiger charge is -2.28. The Morgan fingerprint density at radius 2 is 2.00 bits per heavy atom. The summed E-state index contributed by atoms with van der Waals surface area (Å²) < 4.78 is 5.04. The maximum absolute atomic E-state index is 11.3. The number of fused-ring (bicyclic) bond motifs is 1. The highest BCUT2D eigenvalue weighted by molar-refractivity contribution is 5.73. The molecule has 0 saturated carbocycles. The fourth-order valence-corrected chi connectivity index (χ4v) is 2.03. The molecule has 4 heteroatoms. The zero-order chi connectivity index (χ0) is 12.4. The lowest BCUT2D eigenvalue weighted by Crippen LogP contribution is -2.34. The molecule has 0 unspecified atom stereocenters. The van der Waals surface area contributed by atoms with Crippen LogP contribution in [0.25, 0.3) is 0 Å². The Morgan fingerprint density at radius 3 is 2.65 bits per heavy atom. The van der Waals surface area contributed by atoms with Crippen LogP contribution in [0, 0.1) is 0 Å². The van der Waals surface area contributed by atoms with E-state index in [1.165, 1.54) is 6.92 Å². The van der Waals surface area contributed by atoms with E-state index < -0.39 is 0 Å². The summed E-state index contributed by atoms with van der Waals surface area (Å²) in [5, 5.41) is 0. The molecule has 1 amide bonds. The Bertz CT molecular complexity index is 468. The smallest absolute Gasteiger partial charge is 0.308 e. The molecule has 1 aromatic rings. The van der Waals surface area contributed by atoms with Gasteiger partial charge >= 0.3 is 5.97 Å². The lowest BCUT2D eigenvalue weighted by atomic mass is 9.99. The first-order chi connectivity index (χ1) is 8.06.